The molecular formula is C24H22FN5O. The summed E-state index contributed by atoms with van der Waals surface area (Å²) in [7, 11) is 1.81. The summed E-state index contributed by atoms with van der Waals surface area (Å²) in [6, 6.07) is 13.9. The molecule has 31 heavy (non-hydrogen) atoms. The van der Waals surface area contributed by atoms with Crippen LogP contribution >= 0.6 is 0 Å². The second kappa shape index (κ2) is 8.79. The summed E-state index contributed by atoms with van der Waals surface area (Å²) in [6.45, 7) is 2.68. The Balaban J connectivity index is 1.41. The lowest BCUT2D eigenvalue weighted by Crippen LogP contribution is -2.07. The Hall–Kier alpha value is -4.00. The second-order valence-corrected chi connectivity index (χ2v) is 7.29. The molecule has 0 aliphatic carbocycles. The van der Waals surface area contributed by atoms with Gasteiger partial charge in [0.15, 0.2) is 0 Å². The van der Waals surface area contributed by atoms with Gasteiger partial charge in [-0.2, -0.15) is 5.10 Å². The van der Waals surface area contributed by atoms with Crippen molar-refractivity contribution in [3.8, 4) is 11.3 Å². The minimum atomic E-state index is -0.298. The predicted molar refractivity (Wildman–Crippen MR) is 119 cm³/mol. The fourth-order valence-corrected chi connectivity index (χ4v) is 3.35. The first-order valence-electron chi connectivity index (χ1n) is 9.82. The SMILES string of the molecule is Cc1cn(Cc2ccc(NC(=O)C=Cc3cnn(C)c3-c3ccc(F)cc3)cc2)cn1. The van der Waals surface area contributed by atoms with Crippen molar-refractivity contribution < 1.29 is 9.18 Å². The van der Waals surface area contributed by atoms with E-state index in [0.717, 1.165) is 34.6 Å². The van der Waals surface area contributed by atoms with Crippen molar-refractivity contribution in [2.45, 2.75) is 13.5 Å². The molecular weight excluding hydrogens is 393 g/mol. The van der Waals surface area contributed by atoms with Crippen LogP contribution < -0.4 is 5.32 Å². The van der Waals surface area contributed by atoms with Crippen LogP contribution in [0.3, 0.4) is 0 Å². The third-order valence-corrected chi connectivity index (χ3v) is 4.85. The van der Waals surface area contributed by atoms with Crippen molar-refractivity contribution >= 4 is 17.7 Å². The lowest BCUT2D eigenvalue weighted by molar-refractivity contribution is -0.111. The van der Waals surface area contributed by atoms with Gasteiger partial charge in [-0.05, 0) is 55.0 Å². The summed E-state index contributed by atoms with van der Waals surface area (Å²) in [4.78, 5) is 16.6. The molecule has 0 atom stereocenters. The first-order valence-corrected chi connectivity index (χ1v) is 9.82. The number of carbonyl (C=O) groups is 1. The molecule has 0 bridgehead atoms. The van der Waals surface area contributed by atoms with Gasteiger partial charge in [-0.1, -0.05) is 12.1 Å². The van der Waals surface area contributed by atoms with Crippen LogP contribution in [0.1, 0.15) is 16.8 Å². The summed E-state index contributed by atoms with van der Waals surface area (Å²) < 4.78 is 16.9. The number of amides is 1. The maximum absolute atomic E-state index is 13.2. The Labute approximate surface area is 179 Å². The molecule has 156 valence electrons. The molecule has 0 spiro atoms. The van der Waals surface area contributed by atoms with Crippen molar-refractivity contribution in [3.63, 3.8) is 0 Å². The molecule has 2 aromatic heterocycles. The maximum Gasteiger partial charge on any atom is 0.248 e. The van der Waals surface area contributed by atoms with E-state index in [2.05, 4.69) is 15.4 Å². The van der Waals surface area contributed by atoms with E-state index in [1.807, 2.05) is 49.0 Å². The zero-order chi connectivity index (χ0) is 21.8. The highest BCUT2D eigenvalue weighted by Crippen LogP contribution is 2.24. The second-order valence-electron chi connectivity index (χ2n) is 7.29. The van der Waals surface area contributed by atoms with Crippen LogP contribution in [0.4, 0.5) is 10.1 Å². The summed E-state index contributed by atoms with van der Waals surface area (Å²) in [5.41, 5.74) is 5.21. The quantitative estimate of drug-likeness (QED) is 0.474. The fourth-order valence-electron chi connectivity index (χ4n) is 3.35. The van der Waals surface area contributed by atoms with Gasteiger partial charge in [0.1, 0.15) is 5.82 Å². The van der Waals surface area contributed by atoms with Crippen molar-refractivity contribution in [1.82, 2.24) is 19.3 Å². The van der Waals surface area contributed by atoms with Gasteiger partial charge >= 0.3 is 0 Å². The van der Waals surface area contributed by atoms with Crippen LogP contribution in [-0.2, 0) is 18.4 Å². The molecule has 7 heteroatoms. The van der Waals surface area contributed by atoms with Crippen molar-refractivity contribution in [2.75, 3.05) is 5.32 Å². The molecule has 0 radical (unpaired) electrons. The molecule has 1 N–H and O–H groups in total. The van der Waals surface area contributed by atoms with Crippen molar-refractivity contribution in [3.05, 3.63) is 96.0 Å². The molecule has 0 saturated heterocycles. The van der Waals surface area contributed by atoms with Gasteiger partial charge < -0.3 is 9.88 Å². The van der Waals surface area contributed by atoms with Gasteiger partial charge in [0.25, 0.3) is 0 Å². The number of rotatable bonds is 6. The number of carbonyl (C=O) groups excluding carboxylic acids is 1. The number of nitrogens with zero attached hydrogens (tertiary/aromatic N) is 4. The molecule has 2 heterocycles. The van der Waals surface area contributed by atoms with E-state index < -0.39 is 0 Å². The van der Waals surface area contributed by atoms with Crippen LogP contribution in [0, 0.1) is 12.7 Å². The average molecular weight is 415 g/mol. The molecule has 0 fully saturated rings. The van der Waals surface area contributed by atoms with E-state index >= 15 is 0 Å². The van der Waals surface area contributed by atoms with E-state index in [9.17, 15) is 9.18 Å². The Morgan fingerprint density at radius 2 is 1.87 bits per heavy atom. The molecule has 0 aliphatic rings. The Kier molecular flexibility index (Phi) is 5.75. The van der Waals surface area contributed by atoms with Gasteiger partial charge in [0, 0.05) is 42.7 Å². The highest BCUT2D eigenvalue weighted by molar-refractivity contribution is 6.02. The van der Waals surface area contributed by atoms with Gasteiger partial charge in [-0.25, -0.2) is 9.37 Å². The van der Waals surface area contributed by atoms with Crippen LogP contribution in [0.2, 0.25) is 0 Å². The third-order valence-electron chi connectivity index (χ3n) is 4.85. The normalized spacial score (nSPS) is 11.2. The molecule has 4 aromatic rings. The van der Waals surface area contributed by atoms with Gasteiger partial charge in [-0.15, -0.1) is 0 Å². The number of nitrogens with one attached hydrogen (secondary N) is 1. The number of anilines is 1. The maximum atomic E-state index is 13.2. The first-order chi connectivity index (χ1) is 15.0. The molecule has 1 amide bonds. The van der Waals surface area contributed by atoms with Crippen LogP contribution in [0.15, 0.2) is 73.3 Å². The topological polar surface area (TPSA) is 64.7 Å². The van der Waals surface area contributed by atoms with E-state index in [1.165, 1.54) is 18.2 Å². The largest absolute Gasteiger partial charge is 0.333 e. The number of benzene rings is 2. The number of aromatic nitrogens is 4. The molecule has 2 aromatic carbocycles. The number of imidazole rings is 1. The molecule has 6 nitrogen and oxygen atoms in total. The van der Waals surface area contributed by atoms with Crippen LogP contribution in [0.5, 0.6) is 0 Å². The zero-order valence-electron chi connectivity index (χ0n) is 17.3. The Morgan fingerprint density at radius 3 is 2.55 bits per heavy atom. The van der Waals surface area contributed by atoms with Crippen molar-refractivity contribution in [1.29, 1.82) is 0 Å². The van der Waals surface area contributed by atoms with Crippen LogP contribution in [-0.4, -0.2) is 25.2 Å². The zero-order valence-corrected chi connectivity index (χ0v) is 17.3. The lowest BCUT2D eigenvalue weighted by Gasteiger charge is -2.06. The smallest absolute Gasteiger partial charge is 0.248 e. The summed E-state index contributed by atoms with van der Waals surface area (Å²) in [5, 5.41) is 7.12. The fraction of sp³-hybridized carbons (Fsp3) is 0.125. The summed E-state index contributed by atoms with van der Waals surface area (Å²) in [6.07, 6.45) is 8.63. The Bertz CT molecular complexity index is 1220. The number of hydrogen-bond donors (Lipinski definition) is 1. The minimum absolute atomic E-state index is 0.244. The first kappa shape index (κ1) is 20.3. The third kappa shape index (κ3) is 4.95. The van der Waals surface area contributed by atoms with Gasteiger partial charge in [0.2, 0.25) is 5.91 Å². The number of aryl methyl sites for hydroxylation is 2. The highest BCUT2D eigenvalue weighted by Gasteiger charge is 2.09. The van der Waals surface area contributed by atoms with Crippen molar-refractivity contribution in [2.24, 2.45) is 7.05 Å². The monoisotopic (exact) mass is 415 g/mol. The standard InChI is InChI=1S/C24H22FN5O/c1-17-14-30(16-26-17)15-18-3-10-22(11-4-18)28-23(31)12-7-20-13-27-29(2)24(20)19-5-8-21(25)9-6-19/h3-14,16H,15H2,1-2H3,(H,28,31). The predicted octanol–water partition coefficient (Wildman–Crippen LogP) is 4.43. The molecule has 0 saturated carbocycles. The highest BCUT2D eigenvalue weighted by atomic mass is 19.1. The molecule has 0 unspecified atom stereocenters. The summed E-state index contributed by atoms with van der Waals surface area (Å²) >= 11 is 0. The molecule has 0 aliphatic heterocycles. The van der Waals surface area contributed by atoms with Gasteiger partial charge in [-0.3, -0.25) is 9.48 Å². The van der Waals surface area contributed by atoms with Gasteiger partial charge in [0.05, 0.1) is 23.9 Å². The van der Waals surface area contributed by atoms with Crippen LogP contribution in [0.25, 0.3) is 17.3 Å². The van der Waals surface area contributed by atoms with E-state index in [1.54, 1.807) is 35.4 Å². The average Bonchev–Trinajstić information content (AvgIpc) is 3.33. The minimum Gasteiger partial charge on any atom is -0.333 e. The summed E-state index contributed by atoms with van der Waals surface area (Å²) in [5.74, 6) is -0.541. The Morgan fingerprint density at radius 1 is 1.13 bits per heavy atom. The van der Waals surface area contributed by atoms with E-state index in [4.69, 9.17) is 0 Å². The lowest BCUT2D eigenvalue weighted by atomic mass is 10.1. The number of halogens is 1. The van der Waals surface area contributed by atoms with E-state index in [-0.39, 0.29) is 11.7 Å². The molecule has 4 rings (SSSR count). The van der Waals surface area contributed by atoms with E-state index in [0.29, 0.717) is 5.69 Å². The number of hydrogen-bond acceptors (Lipinski definition) is 3.